The minimum Gasteiger partial charge on any atom is -0.491 e. The number of nitrogens with one attached hydrogen (secondary N) is 1. The molecule has 0 heterocycles. The highest BCUT2D eigenvalue weighted by atomic mass is 16.5. The van der Waals surface area contributed by atoms with E-state index in [1.54, 1.807) is 0 Å². The third kappa shape index (κ3) is 4.99. The Kier molecular flexibility index (Phi) is 6.63. The molecule has 2 heteroatoms. The summed E-state index contributed by atoms with van der Waals surface area (Å²) in [4.78, 5) is 0. The van der Waals surface area contributed by atoms with Crippen molar-refractivity contribution >= 4 is 5.69 Å². The van der Waals surface area contributed by atoms with Crippen molar-refractivity contribution in [2.24, 2.45) is 5.92 Å². The zero-order chi connectivity index (χ0) is 13.4. The van der Waals surface area contributed by atoms with Gasteiger partial charge in [0, 0.05) is 6.54 Å². The first-order chi connectivity index (χ1) is 8.67. The van der Waals surface area contributed by atoms with E-state index in [1.807, 2.05) is 0 Å². The number of ether oxygens (including phenoxy) is 1. The molecule has 0 aliphatic heterocycles. The maximum Gasteiger partial charge on any atom is 0.142 e. The Morgan fingerprint density at radius 1 is 1.22 bits per heavy atom. The maximum atomic E-state index is 5.80. The van der Waals surface area contributed by atoms with Gasteiger partial charge < -0.3 is 10.1 Å². The molecule has 0 saturated carbocycles. The Morgan fingerprint density at radius 2 is 2.00 bits per heavy atom. The largest absolute Gasteiger partial charge is 0.491 e. The summed E-state index contributed by atoms with van der Waals surface area (Å²) in [5.41, 5.74) is 2.37. The van der Waals surface area contributed by atoms with Crippen LogP contribution in [-0.4, -0.2) is 13.2 Å². The summed E-state index contributed by atoms with van der Waals surface area (Å²) in [6.07, 6.45) is 3.56. The lowest BCUT2D eigenvalue weighted by Gasteiger charge is -2.16. The fourth-order valence-electron chi connectivity index (χ4n) is 1.99. The summed E-state index contributed by atoms with van der Waals surface area (Å²) in [6.45, 7) is 10.5. The monoisotopic (exact) mass is 249 g/mol. The van der Waals surface area contributed by atoms with Crippen LogP contribution in [0, 0.1) is 12.8 Å². The molecule has 1 unspecified atom stereocenters. The molecule has 1 atom stereocenters. The highest BCUT2D eigenvalue weighted by Crippen LogP contribution is 2.26. The normalized spacial score (nSPS) is 12.2. The van der Waals surface area contributed by atoms with Crippen LogP contribution in [0.2, 0.25) is 0 Å². The average Bonchev–Trinajstić information content (AvgIpc) is 2.35. The van der Waals surface area contributed by atoms with Gasteiger partial charge in [-0.1, -0.05) is 33.3 Å². The van der Waals surface area contributed by atoms with Gasteiger partial charge >= 0.3 is 0 Å². The third-order valence-corrected chi connectivity index (χ3v) is 3.02. The molecule has 1 N–H and O–H groups in total. The van der Waals surface area contributed by atoms with Crippen LogP contribution in [0.5, 0.6) is 5.75 Å². The van der Waals surface area contributed by atoms with Gasteiger partial charge in [-0.05, 0) is 43.4 Å². The van der Waals surface area contributed by atoms with E-state index in [-0.39, 0.29) is 0 Å². The molecular weight excluding hydrogens is 222 g/mol. The zero-order valence-corrected chi connectivity index (χ0v) is 12.3. The Bertz CT molecular complexity index is 349. The molecule has 1 rings (SSSR count). The van der Waals surface area contributed by atoms with Crippen molar-refractivity contribution in [3.63, 3.8) is 0 Å². The molecule has 2 nitrogen and oxygen atoms in total. The number of rotatable bonds is 8. The molecule has 0 aromatic heterocycles. The van der Waals surface area contributed by atoms with Crippen LogP contribution in [0.4, 0.5) is 5.69 Å². The second-order valence-electron chi connectivity index (χ2n) is 5.12. The molecule has 0 radical (unpaired) electrons. The van der Waals surface area contributed by atoms with Gasteiger partial charge in [0.1, 0.15) is 5.75 Å². The van der Waals surface area contributed by atoms with Crippen LogP contribution < -0.4 is 10.1 Å². The number of aryl methyl sites for hydroxylation is 1. The lowest BCUT2D eigenvalue weighted by molar-refractivity contribution is 0.318. The van der Waals surface area contributed by atoms with E-state index < -0.39 is 0 Å². The maximum absolute atomic E-state index is 5.80. The van der Waals surface area contributed by atoms with Crippen molar-refractivity contribution in [1.29, 1.82) is 0 Å². The van der Waals surface area contributed by atoms with Gasteiger partial charge in [-0.2, -0.15) is 0 Å². The van der Waals surface area contributed by atoms with Gasteiger partial charge in [-0.25, -0.2) is 0 Å². The van der Waals surface area contributed by atoms with Gasteiger partial charge in [-0.15, -0.1) is 0 Å². The number of benzene rings is 1. The molecule has 0 saturated heterocycles. The molecule has 0 amide bonds. The molecule has 1 aromatic rings. The first-order valence-electron chi connectivity index (χ1n) is 7.14. The van der Waals surface area contributed by atoms with Crippen LogP contribution in [0.25, 0.3) is 0 Å². The van der Waals surface area contributed by atoms with Gasteiger partial charge in [0.25, 0.3) is 0 Å². The summed E-state index contributed by atoms with van der Waals surface area (Å²) >= 11 is 0. The average molecular weight is 249 g/mol. The molecule has 0 bridgehead atoms. The standard InChI is InChI=1S/C16H27NO/c1-5-7-14(4)12-17-15-9-8-13(3)11-16(15)18-10-6-2/h8-9,11,14,17H,5-7,10,12H2,1-4H3. The topological polar surface area (TPSA) is 21.3 Å². The van der Waals surface area contributed by atoms with E-state index in [0.29, 0.717) is 5.92 Å². The first-order valence-corrected chi connectivity index (χ1v) is 7.14. The van der Waals surface area contributed by atoms with Crippen molar-refractivity contribution in [3.05, 3.63) is 23.8 Å². The van der Waals surface area contributed by atoms with Crippen molar-refractivity contribution in [1.82, 2.24) is 0 Å². The number of hydrogen-bond acceptors (Lipinski definition) is 2. The van der Waals surface area contributed by atoms with Crippen LogP contribution in [0.3, 0.4) is 0 Å². The van der Waals surface area contributed by atoms with Crippen LogP contribution in [0.1, 0.15) is 45.6 Å². The smallest absolute Gasteiger partial charge is 0.142 e. The Morgan fingerprint density at radius 3 is 2.67 bits per heavy atom. The summed E-state index contributed by atoms with van der Waals surface area (Å²) in [5, 5.41) is 3.51. The molecule has 0 aliphatic carbocycles. The predicted octanol–water partition coefficient (Wildman–Crippen LogP) is 4.63. The van der Waals surface area contributed by atoms with E-state index in [0.717, 1.165) is 31.0 Å². The van der Waals surface area contributed by atoms with Crippen LogP contribution >= 0.6 is 0 Å². The second kappa shape index (κ2) is 8.02. The SMILES string of the molecule is CCCOc1cc(C)ccc1NCC(C)CCC. The lowest BCUT2D eigenvalue weighted by atomic mass is 10.1. The molecule has 102 valence electrons. The molecule has 0 fully saturated rings. The fourth-order valence-corrected chi connectivity index (χ4v) is 1.99. The van der Waals surface area contributed by atoms with Crippen molar-refractivity contribution < 1.29 is 4.74 Å². The third-order valence-electron chi connectivity index (χ3n) is 3.02. The summed E-state index contributed by atoms with van der Waals surface area (Å²) < 4.78 is 5.80. The fraction of sp³-hybridized carbons (Fsp3) is 0.625. The quantitative estimate of drug-likeness (QED) is 0.725. The van der Waals surface area contributed by atoms with Crippen LogP contribution in [0.15, 0.2) is 18.2 Å². The molecular formula is C16H27NO. The van der Waals surface area contributed by atoms with Gasteiger partial charge in [0.15, 0.2) is 0 Å². The van der Waals surface area contributed by atoms with E-state index >= 15 is 0 Å². The summed E-state index contributed by atoms with van der Waals surface area (Å²) in [6, 6.07) is 6.37. The van der Waals surface area contributed by atoms with E-state index in [9.17, 15) is 0 Å². The first kappa shape index (κ1) is 14.9. The van der Waals surface area contributed by atoms with E-state index in [2.05, 4.69) is 51.2 Å². The van der Waals surface area contributed by atoms with Gasteiger partial charge in [0.05, 0.1) is 12.3 Å². The van der Waals surface area contributed by atoms with E-state index in [4.69, 9.17) is 4.74 Å². The van der Waals surface area contributed by atoms with E-state index in [1.165, 1.54) is 18.4 Å². The molecule has 0 spiro atoms. The van der Waals surface area contributed by atoms with Gasteiger partial charge in [-0.3, -0.25) is 0 Å². The van der Waals surface area contributed by atoms with Crippen molar-refractivity contribution in [2.45, 2.75) is 47.0 Å². The molecule has 0 aliphatic rings. The molecule has 18 heavy (non-hydrogen) atoms. The molecule has 1 aromatic carbocycles. The van der Waals surface area contributed by atoms with Crippen molar-refractivity contribution in [3.8, 4) is 5.75 Å². The van der Waals surface area contributed by atoms with Gasteiger partial charge in [0.2, 0.25) is 0 Å². The second-order valence-corrected chi connectivity index (χ2v) is 5.12. The van der Waals surface area contributed by atoms with Crippen molar-refractivity contribution in [2.75, 3.05) is 18.5 Å². The summed E-state index contributed by atoms with van der Waals surface area (Å²) in [5.74, 6) is 1.69. The predicted molar refractivity (Wildman–Crippen MR) is 79.5 cm³/mol. The lowest BCUT2D eigenvalue weighted by Crippen LogP contribution is -2.12. The highest BCUT2D eigenvalue weighted by molar-refractivity contribution is 5.57. The number of hydrogen-bond donors (Lipinski definition) is 1. The zero-order valence-electron chi connectivity index (χ0n) is 12.3. The summed E-state index contributed by atoms with van der Waals surface area (Å²) in [7, 11) is 0. The minimum absolute atomic E-state index is 0.704. The Labute approximate surface area is 112 Å². The number of anilines is 1. The Hall–Kier alpha value is -1.18. The Balaban J connectivity index is 2.62. The minimum atomic E-state index is 0.704. The van der Waals surface area contributed by atoms with Crippen LogP contribution in [-0.2, 0) is 0 Å². The highest BCUT2D eigenvalue weighted by Gasteiger charge is 2.06.